The van der Waals surface area contributed by atoms with Gasteiger partial charge in [0.25, 0.3) is 0 Å². The van der Waals surface area contributed by atoms with Crippen LogP contribution in [0.3, 0.4) is 0 Å². The maximum absolute atomic E-state index is 11.6. The third-order valence-electron chi connectivity index (χ3n) is 3.34. The van der Waals surface area contributed by atoms with Crippen LogP contribution in [0.25, 0.3) is 0 Å². The molecule has 0 saturated carbocycles. The summed E-state index contributed by atoms with van der Waals surface area (Å²) in [5.41, 5.74) is 2.58. The van der Waals surface area contributed by atoms with Gasteiger partial charge in [0.1, 0.15) is 0 Å². The highest BCUT2D eigenvalue weighted by molar-refractivity contribution is 5.78. The molecule has 3 nitrogen and oxygen atoms in total. The average Bonchev–Trinajstić information content (AvgIpc) is 2.29. The molecule has 1 fully saturated rings. The van der Waals surface area contributed by atoms with E-state index in [9.17, 15) is 4.79 Å². The van der Waals surface area contributed by atoms with Gasteiger partial charge < -0.3 is 5.32 Å². The Balaban J connectivity index is 2.04. The monoisotopic (exact) mass is 202 g/mol. The summed E-state index contributed by atoms with van der Waals surface area (Å²) in [4.78, 5) is 13.5. The zero-order valence-electron chi connectivity index (χ0n) is 8.57. The largest absolute Gasteiger partial charge is 0.337 e. The van der Waals surface area contributed by atoms with Crippen molar-refractivity contribution in [2.24, 2.45) is 5.92 Å². The molecule has 15 heavy (non-hydrogen) atoms. The molecule has 2 heterocycles. The van der Waals surface area contributed by atoms with Crippen LogP contribution in [0, 0.1) is 5.92 Å². The van der Waals surface area contributed by atoms with Crippen LogP contribution in [0.2, 0.25) is 0 Å². The highest BCUT2D eigenvalue weighted by atomic mass is 16.2. The summed E-state index contributed by atoms with van der Waals surface area (Å²) in [5.74, 6) is 0.534. The lowest BCUT2D eigenvalue weighted by atomic mass is 9.85. The van der Waals surface area contributed by atoms with Gasteiger partial charge in [0.05, 0.1) is 0 Å². The fourth-order valence-electron chi connectivity index (χ4n) is 2.59. The molecule has 0 bridgehead atoms. The van der Waals surface area contributed by atoms with E-state index in [0.29, 0.717) is 5.92 Å². The number of hydrogen-bond acceptors (Lipinski definition) is 1. The van der Waals surface area contributed by atoms with Gasteiger partial charge in [0.15, 0.2) is 0 Å². The van der Waals surface area contributed by atoms with Gasteiger partial charge in [-0.1, -0.05) is 24.3 Å². The molecule has 0 aromatic carbocycles. The Labute approximate surface area is 89.1 Å². The Bertz CT molecular complexity index is 392. The molecule has 1 saturated heterocycles. The van der Waals surface area contributed by atoms with Gasteiger partial charge in [-0.25, -0.2) is 4.79 Å². The summed E-state index contributed by atoms with van der Waals surface area (Å²) in [6.45, 7) is 1.63. The van der Waals surface area contributed by atoms with Gasteiger partial charge in [0, 0.05) is 31.1 Å². The minimum absolute atomic E-state index is 0.0742. The molecule has 1 unspecified atom stereocenters. The number of urea groups is 1. The van der Waals surface area contributed by atoms with Crippen molar-refractivity contribution in [3.8, 4) is 0 Å². The first kappa shape index (κ1) is 8.77. The molecular weight excluding hydrogens is 188 g/mol. The molecule has 2 aliphatic heterocycles. The standard InChI is InChI=1S/C12H14N2O/c15-12-13-7-5-11-10-4-2-1-3-9(10)6-8-14(11)12/h1-4,9H,5-8H2,(H,13,15). The number of hydrogen-bond donors (Lipinski definition) is 1. The molecule has 3 aliphatic rings. The van der Waals surface area contributed by atoms with Crippen LogP contribution in [0.4, 0.5) is 4.79 Å². The fraction of sp³-hybridized carbons (Fsp3) is 0.417. The van der Waals surface area contributed by atoms with E-state index >= 15 is 0 Å². The molecule has 3 rings (SSSR count). The summed E-state index contributed by atoms with van der Waals surface area (Å²) >= 11 is 0. The molecule has 1 aliphatic carbocycles. The van der Waals surface area contributed by atoms with Gasteiger partial charge in [-0.2, -0.15) is 0 Å². The summed E-state index contributed by atoms with van der Waals surface area (Å²) in [6.07, 6.45) is 10.6. The van der Waals surface area contributed by atoms with Gasteiger partial charge >= 0.3 is 6.03 Å². The maximum atomic E-state index is 11.6. The quantitative estimate of drug-likeness (QED) is 0.638. The van der Waals surface area contributed by atoms with Crippen molar-refractivity contribution < 1.29 is 4.79 Å². The van der Waals surface area contributed by atoms with Crippen LogP contribution in [-0.4, -0.2) is 24.0 Å². The van der Waals surface area contributed by atoms with E-state index in [1.165, 1.54) is 11.3 Å². The van der Waals surface area contributed by atoms with E-state index in [-0.39, 0.29) is 6.03 Å². The highest BCUT2D eigenvalue weighted by Crippen LogP contribution is 2.34. The van der Waals surface area contributed by atoms with Crippen LogP contribution >= 0.6 is 0 Å². The van der Waals surface area contributed by atoms with Gasteiger partial charge in [0.2, 0.25) is 0 Å². The van der Waals surface area contributed by atoms with Crippen LogP contribution in [-0.2, 0) is 0 Å². The Morgan fingerprint density at radius 2 is 2.33 bits per heavy atom. The average molecular weight is 202 g/mol. The van der Waals surface area contributed by atoms with E-state index in [2.05, 4.69) is 29.6 Å². The Kier molecular flexibility index (Phi) is 1.91. The van der Waals surface area contributed by atoms with Crippen molar-refractivity contribution in [1.29, 1.82) is 0 Å². The number of allylic oxidation sites excluding steroid dienone is 5. The topological polar surface area (TPSA) is 32.3 Å². The van der Waals surface area contributed by atoms with E-state index < -0.39 is 0 Å². The highest BCUT2D eigenvalue weighted by Gasteiger charge is 2.31. The van der Waals surface area contributed by atoms with Crippen molar-refractivity contribution in [1.82, 2.24) is 10.2 Å². The first-order valence-electron chi connectivity index (χ1n) is 5.49. The predicted octanol–water partition coefficient (Wildman–Crippen LogP) is 1.80. The second-order valence-electron chi connectivity index (χ2n) is 4.17. The number of fused-ring (bicyclic) bond motifs is 2. The van der Waals surface area contributed by atoms with Gasteiger partial charge in [-0.3, -0.25) is 4.90 Å². The minimum atomic E-state index is 0.0742. The van der Waals surface area contributed by atoms with E-state index in [4.69, 9.17) is 0 Å². The van der Waals surface area contributed by atoms with Crippen molar-refractivity contribution >= 4 is 6.03 Å². The Morgan fingerprint density at radius 3 is 3.27 bits per heavy atom. The molecule has 0 aromatic heterocycles. The number of amides is 2. The van der Waals surface area contributed by atoms with Gasteiger partial charge in [-0.15, -0.1) is 0 Å². The van der Waals surface area contributed by atoms with E-state index in [0.717, 1.165) is 25.9 Å². The first-order chi connectivity index (χ1) is 7.36. The second kappa shape index (κ2) is 3.26. The minimum Gasteiger partial charge on any atom is -0.337 e. The Morgan fingerprint density at radius 1 is 1.40 bits per heavy atom. The van der Waals surface area contributed by atoms with E-state index in [1.54, 1.807) is 0 Å². The fourth-order valence-corrected chi connectivity index (χ4v) is 2.59. The zero-order valence-corrected chi connectivity index (χ0v) is 8.57. The number of carbonyl (C=O) groups excluding carboxylic acids is 1. The SMILES string of the molecule is O=C1NCCC2=C3C=CC=CC3CCN12. The second-order valence-corrected chi connectivity index (χ2v) is 4.17. The van der Waals surface area contributed by atoms with Crippen molar-refractivity contribution in [2.45, 2.75) is 12.8 Å². The van der Waals surface area contributed by atoms with Crippen molar-refractivity contribution in [3.63, 3.8) is 0 Å². The normalized spacial score (nSPS) is 28.7. The lowest BCUT2D eigenvalue weighted by Gasteiger charge is -2.38. The third kappa shape index (κ3) is 1.30. The number of carbonyl (C=O) groups is 1. The van der Waals surface area contributed by atoms with Gasteiger partial charge in [-0.05, 0) is 12.0 Å². The third-order valence-corrected chi connectivity index (χ3v) is 3.34. The summed E-state index contributed by atoms with van der Waals surface area (Å²) < 4.78 is 0. The molecular formula is C12H14N2O. The lowest BCUT2D eigenvalue weighted by molar-refractivity contribution is 0.195. The molecule has 1 N–H and O–H groups in total. The summed E-state index contributed by atoms with van der Waals surface area (Å²) in [5, 5.41) is 2.89. The first-order valence-corrected chi connectivity index (χ1v) is 5.49. The number of nitrogens with zero attached hydrogens (tertiary/aromatic N) is 1. The molecule has 0 radical (unpaired) electrons. The van der Waals surface area contributed by atoms with E-state index in [1.807, 2.05) is 4.90 Å². The van der Waals surface area contributed by atoms with Crippen LogP contribution in [0.15, 0.2) is 35.6 Å². The number of nitrogens with one attached hydrogen (secondary N) is 1. The summed E-state index contributed by atoms with van der Waals surface area (Å²) in [6, 6.07) is 0.0742. The lowest BCUT2D eigenvalue weighted by Crippen LogP contribution is -2.48. The molecule has 78 valence electrons. The predicted molar refractivity (Wildman–Crippen MR) is 58.1 cm³/mol. The van der Waals surface area contributed by atoms with Crippen LogP contribution < -0.4 is 5.32 Å². The zero-order chi connectivity index (χ0) is 10.3. The Hall–Kier alpha value is -1.51. The number of rotatable bonds is 0. The molecule has 0 spiro atoms. The smallest absolute Gasteiger partial charge is 0.321 e. The summed E-state index contributed by atoms with van der Waals surface area (Å²) in [7, 11) is 0. The van der Waals surface area contributed by atoms with Crippen molar-refractivity contribution in [3.05, 3.63) is 35.6 Å². The molecule has 1 atom stereocenters. The molecule has 0 aromatic rings. The molecule has 3 heteroatoms. The molecule has 2 amide bonds. The van der Waals surface area contributed by atoms with Crippen molar-refractivity contribution in [2.75, 3.05) is 13.1 Å². The van der Waals surface area contributed by atoms with Crippen LogP contribution in [0.1, 0.15) is 12.8 Å². The van der Waals surface area contributed by atoms with Crippen LogP contribution in [0.5, 0.6) is 0 Å². The maximum Gasteiger partial charge on any atom is 0.321 e.